The number of benzene rings is 1. The highest BCUT2D eigenvalue weighted by Gasteiger charge is 2.46. The predicted octanol–water partition coefficient (Wildman–Crippen LogP) is 1.91. The van der Waals surface area contributed by atoms with E-state index in [1.165, 1.54) is 0 Å². The quantitative estimate of drug-likeness (QED) is 0.605. The second-order valence-electron chi connectivity index (χ2n) is 10.1. The molecule has 1 aromatic carbocycles. The van der Waals surface area contributed by atoms with Gasteiger partial charge in [-0.3, -0.25) is 4.79 Å². The van der Waals surface area contributed by atoms with Crippen LogP contribution in [0.2, 0.25) is 0 Å². The third kappa shape index (κ3) is 5.01. The number of hydrogen-bond donors (Lipinski definition) is 3. The van der Waals surface area contributed by atoms with Crippen molar-refractivity contribution in [3.05, 3.63) is 23.8 Å². The standard InChI is InChI=1S/C25H36N4O5/c1-28-8-10-29(11-9-28)23(31)14-18-13-20-19-12-17(27-25(32)26-16-4-2-3-5-16)6-7-21(19)34-24(20)22(15-30)33-18/h6-7,12,16,18,20,22,24,30H,2-5,8-11,13-15H2,1H3,(H2,26,27,32)/t18-,20+,22-,24-/m0/s1. The van der Waals surface area contributed by atoms with E-state index in [2.05, 4.69) is 22.6 Å². The van der Waals surface area contributed by atoms with Crippen molar-refractivity contribution >= 4 is 17.6 Å². The highest BCUT2D eigenvalue weighted by molar-refractivity contribution is 5.89. The Balaban J connectivity index is 1.25. The number of likely N-dealkylation sites (N-methyl/N-ethyl adjacent to an activating group) is 1. The number of fused-ring (bicyclic) bond motifs is 3. The highest BCUT2D eigenvalue weighted by atomic mass is 16.6. The lowest BCUT2D eigenvalue weighted by atomic mass is 9.84. The van der Waals surface area contributed by atoms with Gasteiger partial charge >= 0.3 is 6.03 Å². The van der Waals surface area contributed by atoms with Crippen LogP contribution >= 0.6 is 0 Å². The summed E-state index contributed by atoms with van der Waals surface area (Å²) in [6.45, 7) is 3.07. The molecule has 1 saturated carbocycles. The first kappa shape index (κ1) is 23.4. The summed E-state index contributed by atoms with van der Waals surface area (Å²) in [5, 5.41) is 16.0. The van der Waals surface area contributed by atoms with Gasteiger partial charge < -0.3 is 35.0 Å². The van der Waals surface area contributed by atoms with E-state index in [-0.39, 0.29) is 42.7 Å². The van der Waals surface area contributed by atoms with E-state index in [4.69, 9.17) is 9.47 Å². The van der Waals surface area contributed by atoms with Crippen molar-refractivity contribution in [2.75, 3.05) is 45.2 Å². The van der Waals surface area contributed by atoms with Crippen LogP contribution in [0.25, 0.3) is 0 Å². The summed E-state index contributed by atoms with van der Waals surface area (Å²) >= 11 is 0. The first-order chi connectivity index (χ1) is 16.5. The minimum Gasteiger partial charge on any atom is -0.487 e. The number of nitrogens with one attached hydrogen (secondary N) is 2. The zero-order valence-corrected chi connectivity index (χ0v) is 19.9. The number of piperazine rings is 1. The van der Waals surface area contributed by atoms with Crippen LogP contribution in [0, 0.1) is 0 Å². The van der Waals surface area contributed by atoms with E-state index in [9.17, 15) is 14.7 Å². The maximum atomic E-state index is 12.9. The Bertz CT molecular complexity index is 897. The molecule has 3 fully saturated rings. The van der Waals surface area contributed by atoms with Crippen LogP contribution in [0.4, 0.5) is 10.5 Å². The molecule has 1 aliphatic carbocycles. The van der Waals surface area contributed by atoms with Gasteiger partial charge in [-0.05, 0) is 44.5 Å². The summed E-state index contributed by atoms with van der Waals surface area (Å²) in [6, 6.07) is 5.75. The van der Waals surface area contributed by atoms with Crippen LogP contribution in [-0.4, -0.2) is 91.0 Å². The number of hydrogen-bond acceptors (Lipinski definition) is 6. The molecule has 0 spiro atoms. The summed E-state index contributed by atoms with van der Waals surface area (Å²) in [7, 11) is 2.07. The zero-order valence-electron chi connectivity index (χ0n) is 19.9. The van der Waals surface area contributed by atoms with E-state index in [0.29, 0.717) is 12.8 Å². The van der Waals surface area contributed by atoms with E-state index >= 15 is 0 Å². The molecule has 186 valence electrons. The molecular weight excluding hydrogens is 436 g/mol. The van der Waals surface area contributed by atoms with Crippen molar-refractivity contribution in [3.63, 3.8) is 0 Å². The van der Waals surface area contributed by atoms with Crippen molar-refractivity contribution in [3.8, 4) is 5.75 Å². The molecule has 0 unspecified atom stereocenters. The number of aliphatic hydroxyl groups is 1. The Kier molecular flexibility index (Phi) is 6.94. The van der Waals surface area contributed by atoms with Crippen molar-refractivity contribution in [1.82, 2.24) is 15.1 Å². The van der Waals surface area contributed by atoms with Crippen molar-refractivity contribution in [1.29, 1.82) is 0 Å². The molecule has 3 aliphatic heterocycles. The van der Waals surface area contributed by atoms with Gasteiger partial charge in [-0.15, -0.1) is 0 Å². The van der Waals surface area contributed by atoms with Crippen molar-refractivity contribution in [2.45, 2.75) is 68.8 Å². The van der Waals surface area contributed by atoms with Gasteiger partial charge in [-0.1, -0.05) is 12.8 Å². The van der Waals surface area contributed by atoms with E-state index in [1.54, 1.807) is 0 Å². The fraction of sp³-hybridized carbons (Fsp3) is 0.680. The SMILES string of the molecule is CN1CCN(C(=O)C[C@@H]2C[C@@H]3c4cc(NC(=O)NC5CCCC5)ccc4O[C@@H]3[C@H](CO)O2)CC1. The van der Waals surface area contributed by atoms with Crippen LogP contribution in [-0.2, 0) is 9.53 Å². The third-order valence-corrected chi connectivity index (χ3v) is 7.71. The van der Waals surface area contributed by atoms with Crippen LogP contribution < -0.4 is 15.4 Å². The lowest BCUT2D eigenvalue weighted by molar-refractivity contribution is -0.150. The Morgan fingerprint density at radius 1 is 1.15 bits per heavy atom. The number of ether oxygens (including phenoxy) is 2. The lowest BCUT2D eigenvalue weighted by Crippen LogP contribution is -2.50. The third-order valence-electron chi connectivity index (χ3n) is 7.71. The predicted molar refractivity (Wildman–Crippen MR) is 127 cm³/mol. The lowest BCUT2D eigenvalue weighted by Gasteiger charge is -2.38. The monoisotopic (exact) mass is 472 g/mol. The van der Waals surface area contributed by atoms with Gasteiger partial charge in [0.15, 0.2) is 0 Å². The number of carbonyl (C=O) groups is 2. The van der Waals surface area contributed by atoms with Gasteiger partial charge in [0, 0.05) is 49.4 Å². The Morgan fingerprint density at radius 2 is 1.91 bits per heavy atom. The number of rotatable bonds is 5. The van der Waals surface area contributed by atoms with Crippen LogP contribution in [0.5, 0.6) is 5.75 Å². The Hall–Kier alpha value is -2.36. The number of urea groups is 1. The molecule has 9 heteroatoms. The molecule has 3 amide bonds. The Morgan fingerprint density at radius 3 is 2.65 bits per heavy atom. The molecular formula is C25H36N4O5. The summed E-state index contributed by atoms with van der Waals surface area (Å²) in [5.41, 5.74) is 1.72. The number of nitrogens with zero attached hydrogens (tertiary/aromatic N) is 2. The van der Waals surface area contributed by atoms with Gasteiger partial charge in [-0.25, -0.2) is 4.79 Å². The number of anilines is 1. The molecule has 4 aliphatic rings. The normalized spacial score (nSPS) is 29.3. The second-order valence-corrected chi connectivity index (χ2v) is 10.1. The molecule has 3 heterocycles. The van der Waals surface area contributed by atoms with Gasteiger partial charge in [0.25, 0.3) is 0 Å². The van der Waals surface area contributed by atoms with Crippen LogP contribution in [0.3, 0.4) is 0 Å². The minimum absolute atomic E-state index is 0.00540. The summed E-state index contributed by atoms with van der Waals surface area (Å²) in [5.74, 6) is 0.863. The van der Waals surface area contributed by atoms with Gasteiger partial charge in [0.2, 0.25) is 5.91 Å². The largest absolute Gasteiger partial charge is 0.487 e. The zero-order chi connectivity index (χ0) is 23.7. The van der Waals surface area contributed by atoms with Crippen molar-refractivity contribution in [2.24, 2.45) is 0 Å². The minimum atomic E-state index is -0.487. The van der Waals surface area contributed by atoms with Crippen LogP contribution in [0.1, 0.15) is 50.0 Å². The smallest absolute Gasteiger partial charge is 0.319 e. The summed E-state index contributed by atoms with van der Waals surface area (Å²) < 4.78 is 12.3. The second kappa shape index (κ2) is 10.1. The van der Waals surface area contributed by atoms with Gasteiger partial charge in [-0.2, -0.15) is 0 Å². The van der Waals surface area contributed by atoms with Crippen LogP contribution in [0.15, 0.2) is 18.2 Å². The topological polar surface area (TPSA) is 103 Å². The van der Waals surface area contributed by atoms with Gasteiger partial charge in [0.1, 0.15) is 18.0 Å². The molecule has 0 bridgehead atoms. The average molecular weight is 473 g/mol. The molecule has 3 N–H and O–H groups in total. The fourth-order valence-electron chi connectivity index (χ4n) is 5.77. The molecule has 0 aromatic heterocycles. The molecule has 9 nitrogen and oxygen atoms in total. The fourth-order valence-corrected chi connectivity index (χ4v) is 5.77. The highest BCUT2D eigenvalue weighted by Crippen LogP contribution is 2.47. The van der Waals surface area contributed by atoms with E-state index < -0.39 is 6.10 Å². The molecule has 1 aromatic rings. The molecule has 5 rings (SSSR count). The van der Waals surface area contributed by atoms with Gasteiger partial charge in [0.05, 0.1) is 19.1 Å². The first-order valence-corrected chi connectivity index (χ1v) is 12.6. The number of aliphatic hydroxyl groups excluding tert-OH is 1. The average Bonchev–Trinajstić information content (AvgIpc) is 3.46. The maximum absolute atomic E-state index is 12.9. The van der Waals surface area contributed by atoms with E-state index in [0.717, 1.165) is 68.9 Å². The maximum Gasteiger partial charge on any atom is 0.319 e. The first-order valence-electron chi connectivity index (χ1n) is 12.6. The molecule has 34 heavy (non-hydrogen) atoms. The molecule has 4 atom stereocenters. The molecule has 2 saturated heterocycles. The van der Waals surface area contributed by atoms with Crippen molar-refractivity contribution < 1.29 is 24.2 Å². The summed E-state index contributed by atoms with van der Waals surface area (Å²) in [4.78, 5) is 29.5. The number of carbonyl (C=O) groups excluding carboxylic acids is 2. The summed E-state index contributed by atoms with van der Waals surface area (Å²) in [6.07, 6.45) is 4.29. The van der Waals surface area contributed by atoms with E-state index in [1.807, 2.05) is 23.1 Å². The Labute approximate surface area is 200 Å². The number of amides is 3. The molecule has 0 radical (unpaired) electrons.